The van der Waals surface area contributed by atoms with Crippen LogP contribution in [0.15, 0.2) is 18.2 Å². The first-order valence-electron chi connectivity index (χ1n) is 5.96. The zero-order chi connectivity index (χ0) is 12.3. The summed E-state index contributed by atoms with van der Waals surface area (Å²) in [6.07, 6.45) is 3.75. The maximum Gasteiger partial charge on any atom is 0.253 e. The maximum atomic E-state index is 12.0. The van der Waals surface area contributed by atoms with Gasteiger partial charge in [0.2, 0.25) is 0 Å². The molecule has 0 atom stereocenters. The highest BCUT2D eigenvalue weighted by atomic mass is 35.5. The smallest absolute Gasteiger partial charge is 0.253 e. The molecule has 0 aromatic heterocycles. The first-order valence-corrected chi connectivity index (χ1v) is 6.34. The Morgan fingerprint density at radius 3 is 2.82 bits per heavy atom. The molecule has 1 aromatic carbocycles. The number of halogens is 1. The van der Waals surface area contributed by atoms with Gasteiger partial charge in [-0.1, -0.05) is 18.0 Å². The number of amides is 1. The highest BCUT2D eigenvalue weighted by Crippen LogP contribution is 2.25. The maximum absolute atomic E-state index is 12.0. The van der Waals surface area contributed by atoms with Gasteiger partial charge in [-0.25, -0.2) is 0 Å². The van der Waals surface area contributed by atoms with Crippen LogP contribution in [0.25, 0.3) is 0 Å². The van der Waals surface area contributed by atoms with Gasteiger partial charge in [-0.3, -0.25) is 4.79 Å². The molecule has 1 fully saturated rings. The Labute approximate surface area is 107 Å². The Kier molecular flexibility index (Phi) is 3.89. The molecule has 4 heteroatoms. The summed E-state index contributed by atoms with van der Waals surface area (Å²) in [5, 5.41) is 6.55. The van der Waals surface area contributed by atoms with Crippen LogP contribution in [-0.4, -0.2) is 19.5 Å². The summed E-state index contributed by atoms with van der Waals surface area (Å²) < 4.78 is 0. The summed E-state index contributed by atoms with van der Waals surface area (Å²) in [6, 6.07) is 5.29. The van der Waals surface area contributed by atoms with Gasteiger partial charge in [0.25, 0.3) is 5.91 Å². The van der Waals surface area contributed by atoms with Crippen LogP contribution < -0.4 is 10.6 Å². The Morgan fingerprint density at radius 2 is 2.24 bits per heavy atom. The molecule has 0 spiro atoms. The molecular weight excluding hydrogens is 236 g/mol. The summed E-state index contributed by atoms with van der Waals surface area (Å²) in [5.41, 5.74) is 1.42. The average molecular weight is 253 g/mol. The molecule has 92 valence electrons. The standard InChI is InChI=1S/C13H17ClN2O/c1-15-12-6-5-10(14)7-11(12)13(17)16-8-9-3-2-4-9/h5-7,9,15H,2-4,8H2,1H3,(H,16,17). The van der Waals surface area contributed by atoms with E-state index in [0.717, 1.165) is 12.2 Å². The van der Waals surface area contributed by atoms with E-state index in [1.165, 1.54) is 19.3 Å². The molecule has 0 aliphatic heterocycles. The van der Waals surface area contributed by atoms with Crippen LogP contribution >= 0.6 is 11.6 Å². The van der Waals surface area contributed by atoms with E-state index in [0.29, 0.717) is 16.5 Å². The van der Waals surface area contributed by atoms with Gasteiger partial charge >= 0.3 is 0 Å². The molecule has 1 aromatic rings. The van der Waals surface area contributed by atoms with Crippen molar-refractivity contribution < 1.29 is 4.79 Å². The van der Waals surface area contributed by atoms with Crippen LogP contribution in [0.3, 0.4) is 0 Å². The topological polar surface area (TPSA) is 41.1 Å². The summed E-state index contributed by atoms with van der Waals surface area (Å²) >= 11 is 5.91. The molecule has 1 amide bonds. The number of rotatable bonds is 4. The molecule has 0 radical (unpaired) electrons. The quantitative estimate of drug-likeness (QED) is 0.865. The number of carbonyl (C=O) groups excluding carboxylic acids is 1. The first kappa shape index (κ1) is 12.2. The van der Waals surface area contributed by atoms with Crippen molar-refractivity contribution in [3.05, 3.63) is 28.8 Å². The lowest BCUT2D eigenvalue weighted by molar-refractivity contribution is 0.0940. The Balaban J connectivity index is 2.03. The Bertz CT molecular complexity index is 416. The van der Waals surface area contributed by atoms with E-state index >= 15 is 0 Å². The molecular formula is C13H17ClN2O. The number of nitrogens with one attached hydrogen (secondary N) is 2. The second-order valence-electron chi connectivity index (χ2n) is 4.45. The van der Waals surface area contributed by atoms with Crippen molar-refractivity contribution in [2.45, 2.75) is 19.3 Å². The summed E-state index contributed by atoms with van der Waals surface area (Å²) in [4.78, 5) is 12.0. The minimum Gasteiger partial charge on any atom is -0.387 e. The predicted octanol–water partition coefficient (Wildman–Crippen LogP) is 2.91. The Morgan fingerprint density at radius 1 is 1.47 bits per heavy atom. The lowest BCUT2D eigenvalue weighted by atomic mass is 9.85. The largest absolute Gasteiger partial charge is 0.387 e. The van der Waals surface area contributed by atoms with E-state index in [2.05, 4.69) is 10.6 Å². The number of carbonyl (C=O) groups is 1. The van der Waals surface area contributed by atoms with Crippen molar-refractivity contribution in [3.8, 4) is 0 Å². The number of benzene rings is 1. The van der Waals surface area contributed by atoms with Gasteiger partial charge in [0.1, 0.15) is 0 Å². The molecule has 0 unspecified atom stereocenters. The molecule has 1 saturated carbocycles. The summed E-state index contributed by atoms with van der Waals surface area (Å²) in [7, 11) is 1.80. The average Bonchev–Trinajstić information content (AvgIpc) is 2.26. The van der Waals surface area contributed by atoms with E-state index in [1.54, 1.807) is 19.2 Å². The van der Waals surface area contributed by atoms with Crippen LogP contribution in [-0.2, 0) is 0 Å². The van der Waals surface area contributed by atoms with E-state index in [1.807, 2.05) is 6.07 Å². The molecule has 3 nitrogen and oxygen atoms in total. The van der Waals surface area contributed by atoms with E-state index < -0.39 is 0 Å². The third-order valence-corrected chi connectivity index (χ3v) is 3.51. The SMILES string of the molecule is CNc1ccc(Cl)cc1C(=O)NCC1CCC1. The zero-order valence-corrected chi connectivity index (χ0v) is 10.7. The molecule has 0 saturated heterocycles. The zero-order valence-electron chi connectivity index (χ0n) is 9.92. The van der Waals surface area contributed by atoms with Crippen molar-refractivity contribution in [2.75, 3.05) is 18.9 Å². The third kappa shape index (κ3) is 2.91. The first-order chi connectivity index (χ1) is 8.20. The minimum absolute atomic E-state index is 0.0521. The second-order valence-corrected chi connectivity index (χ2v) is 4.88. The Hall–Kier alpha value is -1.22. The van der Waals surface area contributed by atoms with Crippen LogP contribution in [0.5, 0.6) is 0 Å². The van der Waals surface area contributed by atoms with Crippen LogP contribution in [0.1, 0.15) is 29.6 Å². The van der Waals surface area contributed by atoms with Crippen molar-refractivity contribution >= 4 is 23.2 Å². The van der Waals surface area contributed by atoms with Gasteiger partial charge in [0, 0.05) is 24.3 Å². The highest BCUT2D eigenvalue weighted by Gasteiger charge is 2.19. The van der Waals surface area contributed by atoms with E-state index in [4.69, 9.17) is 11.6 Å². The van der Waals surface area contributed by atoms with Gasteiger partial charge in [-0.05, 0) is 37.0 Å². The van der Waals surface area contributed by atoms with E-state index in [9.17, 15) is 4.79 Å². The predicted molar refractivity (Wildman–Crippen MR) is 70.7 cm³/mol. The lowest BCUT2D eigenvalue weighted by Crippen LogP contribution is -2.32. The number of hydrogen-bond donors (Lipinski definition) is 2. The monoisotopic (exact) mass is 252 g/mol. The van der Waals surface area contributed by atoms with Gasteiger partial charge < -0.3 is 10.6 Å². The van der Waals surface area contributed by atoms with Crippen LogP contribution in [0, 0.1) is 5.92 Å². The normalized spacial score (nSPS) is 15.2. The van der Waals surface area contributed by atoms with Gasteiger partial charge in [0.15, 0.2) is 0 Å². The molecule has 0 heterocycles. The summed E-state index contributed by atoms with van der Waals surface area (Å²) in [5.74, 6) is 0.611. The van der Waals surface area contributed by atoms with Crippen molar-refractivity contribution in [2.24, 2.45) is 5.92 Å². The van der Waals surface area contributed by atoms with Crippen molar-refractivity contribution in [1.29, 1.82) is 0 Å². The fourth-order valence-corrected chi connectivity index (χ4v) is 2.12. The van der Waals surface area contributed by atoms with Gasteiger partial charge in [-0.2, -0.15) is 0 Å². The van der Waals surface area contributed by atoms with Gasteiger partial charge in [0.05, 0.1) is 5.56 Å². The van der Waals surface area contributed by atoms with Crippen LogP contribution in [0.2, 0.25) is 5.02 Å². The lowest BCUT2D eigenvalue weighted by Gasteiger charge is -2.25. The molecule has 1 aliphatic rings. The van der Waals surface area contributed by atoms with Crippen molar-refractivity contribution in [3.63, 3.8) is 0 Å². The van der Waals surface area contributed by atoms with Gasteiger partial charge in [-0.15, -0.1) is 0 Å². The van der Waals surface area contributed by atoms with Crippen LogP contribution in [0.4, 0.5) is 5.69 Å². The minimum atomic E-state index is -0.0521. The molecule has 2 N–H and O–H groups in total. The molecule has 1 aliphatic carbocycles. The fraction of sp³-hybridized carbons (Fsp3) is 0.462. The summed E-state index contributed by atoms with van der Waals surface area (Å²) in [6.45, 7) is 0.772. The second kappa shape index (κ2) is 5.41. The molecule has 17 heavy (non-hydrogen) atoms. The third-order valence-electron chi connectivity index (χ3n) is 3.27. The van der Waals surface area contributed by atoms with Crippen molar-refractivity contribution in [1.82, 2.24) is 5.32 Å². The molecule has 2 rings (SSSR count). The molecule has 0 bridgehead atoms. The number of hydrogen-bond acceptors (Lipinski definition) is 2. The fourth-order valence-electron chi connectivity index (χ4n) is 1.95. The number of anilines is 1. The van der Waals surface area contributed by atoms with E-state index in [-0.39, 0.29) is 5.91 Å². The highest BCUT2D eigenvalue weighted by molar-refractivity contribution is 6.31.